The zero-order valence-corrected chi connectivity index (χ0v) is 17.6. The Morgan fingerprint density at radius 3 is 2.61 bits per heavy atom. The van der Waals surface area contributed by atoms with Crippen molar-refractivity contribution in [3.63, 3.8) is 0 Å². The number of rotatable bonds is 4. The summed E-state index contributed by atoms with van der Waals surface area (Å²) in [6.45, 7) is 2.29. The summed E-state index contributed by atoms with van der Waals surface area (Å²) in [5.74, 6) is 0.687. The lowest BCUT2D eigenvalue weighted by Gasteiger charge is -2.26. The highest BCUT2D eigenvalue weighted by Gasteiger charge is 2.42. The van der Waals surface area contributed by atoms with Crippen molar-refractivity contribution in [3.05, 3.63) is 71.4 Å². The molecule has 2 aliphatic heterocycles. The number of para-hydroxylation sites is 1. The highest BCUT2D eigenvalue weighted by molar-refractivity contribution is 6.30. The molecule has 8 heteroatoms. The van der Waals surface area contributed by atoms with Crippen LogP contribution in [0.5, 0.6) is 0 Å². The van der Waals surface area contributed by atoms with Crippen molar-refractivity contribution in [2.45, 2.75) is 38.0 Å². The molecule has 0 unspecified atom stereocenters. The fourth-order valence-electron chi connectivity index (χ4n) is 4.09. The lowest BCUT2D eigenvalue weighted by atomic mass is 10.0. The second-order valence-electron chi connectivity index (χ2n) is 7.83. The summed E-state index contributed by atoms with van der Waals surface area (Å²) >= 11 is 6.25. The van der Waals surface area contributed by atoms with Crippen LogP contribution in [0.3, 0.4) is 0 Å². The average molecular weight is 439 g/mol. The Labute approximate surface area is 185 Å². The number of ether oxygens (including phenoxy) is 1. The number of aliphatic imine (C=N–C) groups is 1. The number of aliphatic hydroxyl groups excluding tert-OH is 2. The molecule has 5 rings (SSSR count). The lowest BCUT2D eigenvalue weighted by molar-refractivity contribution is -0.0308. The standard InChI is InChI=1S/C23H23ClN4O3/c1-14-20(29)21(30)23(31-14)28-12-18(15-6-5-7-16(24)10-15)19-11-27(13-25-22(19)28)26-17-8-3-2-4-9-17/h2-10,12-14,20-21,23,26,29-30H,11H2,1H3/t14-,20-,21-,23-/m1/s1. The number of benzene rings is 2. The van der Waals surface area contributed by atoms with Crippen LogP contribution in [0, 0.1) is 0 Å². The number of hydrogen-bond donors (Lipinski definition) is 3. The van der Waals surface area contributed by atoms with Gasteiger partial charge in [0.05, 0.1) is 18.3 Å². The molecule has 4 atom stereocenters. The number of aromatic nitrogens is 1. The molecule has 0 spiro atoms. The zero-order chi connectivity index (χ0) is 21.5. The van der Waals surface area contributed by atoms with Gasteiger partial charge in [-0.25, -0.2) is 4.99 Å². The molecule has 160 valence electrons. The van der Waals surface area contributed by atoms with Crippen LogP contribution in [0.4, 0.5) is 11.5 Å². The Morgan fingerprint density at radius 1 is 1.10 bits per heavy atom. The Balaban J connectivity index is 1.55. The van der Waals surface area contributed by atoms with E-state index < -0.39 is 24.5 Å². The van der Waals surface area contributed by atoms with E-state index in [9.17, 15) is 10.2 Å². The van der Waals surface area contributed by atoms with E-state index in [0.29, 0.717) is 17.4 Å². The molecule has 0 saturated carbocycles. The third-order valence-electron chi connectivity index (χ3n) is 5.69. The van der Waals surface area contributed by atoms with E-state index >= 15 is 0 Å². The summed E-state index contributed by atoms with van der Waals surface area (Å²) in [6, 6.07) is 17.5. The van der Waals surface area contributed by atoms with Gasteiger partial charge in [-0.05, 0) is 36.8 Å². The number of aliphatic hydroxyl groups is 2. The fourth-order valence-corrected chi connectivity index (χ4v) is 4.28. The van der Waals surface area contributed by atoms with Gasteiger partial charge in [0.25, 0.3) is 0 Å². The first-order chi connectivity index (χ1) is 15.0. The highest BCUT2D eigenvalue weighted by atomic mass is 35.5. The monoisotopic (exact) mass is 438 g/mol. The van der Waals surface area contributed by atoms with Crippen molar-refractivity contribution in [3.8, 4) is 11.1 Å². The van der Waals surface area contributed by atoms with Gasteiger partial charge in [-0.3, -0.25) is 10.4 Å². The minimum Gasteiger partial charge on any atom is -0.388 e. The maximum atomic E-state index is 10.6. The quantitative estimate of drug-likeness (QED) is 0.574. The summed E-state index contributed by atoms with van der Waals surface area (Å²) in [7, 11) is 0. The van der Waals surface area contributed by atoms with Gasteiger partial charge >= 0.3 is 0 Å². The maximum Gasteiger partial charge on any atom is 0.164 e. The highest BCUT2D eigenvalue weighted by Crippen LogP contribution is 2.42. The van der Waals surface area contributed by atoms with Crippen LogP contribution in [0.1, 0.15) is 18.7 Å². The molecule has 2 aliphatic rings. The molecule has 1 fully saturated rings. The molecule has 1 saturated heterocycles. The van der Waals surface area contributed by atoms with Crippen molar-refractivity contribution in [2.75, 3.05) is 5.43 Å². The van der Waals surface area contributed by atoms with Gasteiger partial charge in [-0.15, -0.1) is 0 Å². The summed E-state index contributed by atoms with van der Waals surface area (Å²) in [6.07, 6.45) is 0.428. The summed E-state index contributed by atoms with van der Waals surface area (Å²) in [5.41, 5.74) is 7.15. The predicted molar refractivity (Wildman–Crippen MR) is 120 cm³/mol. The van der Waals surface area contributed by atoms with Crippen LogP contribution in [-0.2, 0) is 11.3 Å². The zero-order valence-electron chi connectivity index (χ0n) is 16.9. The van der Waals surface area contributed by atoms with Gasteiger partial charge in [0, 0.05) is 22.3 Å². The Hall–Kier alpha value is -2.84. The molecular weight excluding hydrogens is 416 g/mol. The second kappa shape index (κ2) is 8.01. The van der Waals surface area contributed by atoms with Crippen LogP contribution < -0.4 is 5.43 Å². The Bertz CT molecular complexity index is 1120. The number of hydrazine groups is 1. The van der Waals surface area contributed by atoms with Crippen LogP contribution in [-0.4, -0.2) is 44.4 Å². The number of fused-ring (bicyclic) bond motifs is 1. The molecule has 0 aliphatic carbocycles. The van der Waals surface area contributed by atoms with E-state index in [2.05, 4.69) is 10.4 Å². The third kappa shape index (κ3) is 3.70. The van der Waals surface area contributed by atoms with Gasteiger partial charge in [0.1, 0.15) is 24.4 Å². The van der Waals surface area contributed by atoms with E-state index in [1.165, 1.54) is 0 Å². The molecule has 0 bridgehead atoms. The molecular formula is C23H23ClN4O3. The molecule has 3 N–H and O–H groups in total. The number of nitrogens with one attached hydrogen (secondary N) is 1. The second-order valence-corrected chi connectivity index (χ2v) is 8.26. The first kappa shape index (κ1) is 20.1. The predicted octanol–water partition coefficient (Wildman–Crippen LogP) is 3.95. The summed E-state index contributed by atoms with van der Waals surface area (Å²) in [5, 5.41) is 23.3. The number of nitrogens with zero attached hydrogens (tertiary/aromatic N) is 3. The molecule has 2 aromatic carbocycles. The van der Waals surface area contributed by atoms with E-state index in [-0.39, 0.29) is 0 Å². The SMILES string of the molecule is C[C@H]1O[C@@H](n2cc(-c3cccc(Cl)c3)c3c2N=CN(Nc2ccccc2)C3)[C@H](O)[C@@H]1O. The minimum atomic E-state index is -1.05. The third-order valence-corrected chi connectivity index (χ3v) is 5.92. The normalized spacial score (nSPS) is 25.0. The van der Waals surface area contributed by atoms with Crippen molar-refractivity contribution < 1.29 is 14.9 Å². The van der Waals surface area contributed by atoms with Crippen molar-refractivity contribution in [1.29, 1.82) is 0 Å². The average Bonchev–Trinajstić information content (AvgIpc) is 3.27. The number of anilines is 1. The van der Waals surface area contributed by atoms with Gasteiger partial charge in [0.2, 0.25) is 0 Å². The topological polar surface area (TPSA) is 82.2 Å². The van der Waals surface area contributed by atoms with E-state index in [1.807, 2.05) is 65.8 Å². The smallest absolute Gasteiger partial charge is 0.164 e. The fraction of sp³-hybridized carbons (Fsp3) is 0.261. The van der Waals surface area contributed by atoms with Gasteiger partial charge in [-0.2, -0.15) is 0 Å². The van der Waals surface area contributed by atoms with Crippen LogP contribution in [0.2, 0.25) is 5.02 Å². The lowest BCUT2D eigenvalue weighted by Crippen LogP contribution is -2.31. The minimum absolute atomic E-state index is 0.475. The van der Waals surface area contributed by atoms with E-state index in [0.717, 1.165) is 22.4 Å². The number of hydrogen-bond acceptors (Lipinski definition) is 6. The molecule has 0 amide bonds. The molecule has 3 heterocycles. The van der Waals surface area contributed by atoms with Gasteiger partial charge in [-0.1, -0.05) is 41.9 Å². The van der Waals surface area contributed by atoms with Crippen molar-refractivity contribution in [1.82, 2.24) is 9.58 Å². The van der Waals surface area contributed by atoms with Crippen LogP contribution in [0.25, 0.3) is 11.1 Å². The molecule has 3 aromatic rings. The molecule has 0 radical (unpaired) electrons. The number of halogens is 1. The summed E-state index contributed by atoms with van der Waals surface area (Å²) < 4.78 is 7.67. The van der Waals surface area contributed by atoms with E-state index in [1.54, 1.807) is 17.8 Å². The van der Waals surface area contributed by atoms with Gasteiger partial charge < -0.3 is 19.5 Å². The van der Waals surface area contributed by atoms with Crippen LogP contribution >= 0.6 is 11.6 Å². The largest absolute Gasteiger partial charge is 0.388 e. The molecule has 1 aromatic heterocycles. The van der Waals surface area contributed by atoms with Crippen LogP contribution in [0.15, 0.2) is 65.8 Å². The molecule has 31 heavy (non-hydrogen) atoms. The van der Waals surface area contributed by atoms with E-state index in [4.69, 9.17) is 16.3 Å². The maximum absolute atomic E-state index is 10.6. The first-order valence-electron chi connectivity index (χ1n) is 10.1. The van der Waals surface area contributed by atoms with Crippen molar-refractivity contribution >= 4 is 29.4 Å². The first-order valence-corrected chi connectivity index (χ1v) is 10.5. The summed E-state index contributed by atoms with van der Waals surface area (Å²) in [4.78, 5) is 4.66. The Kier molecular flexibility index (Phi) is 5.19. The van der Waals surface area contributed by atoms with Crippen molar-refractivity contribution in [2.24, 2.45) is 4.99 Å². The Morgan fingerprint density at radius 2 is 1.90 bits per heavy atom. The van der Waals surface area contributed by atoms with Gasteiger partial charge in [0.15, 0.2) is 6.23 Å². The molecule has 7 nitrogen and oxygen atoms in total.